The first-order valence-corrected chi connectivity index (χ1v) is 9.03. The standard InChI is InChI=1S/C20H24N4O/c1-3-19-22-20-11-8-16(13-24(20)23-19)21-12-17-9-10-18(25-17)15-6-4-14(2)5-7-15/h4-7,9-10,16,21H,3,8,11-13H2,1-2H3. The van der Waals surface area contributed by atoms with E-state index >= 15 is 0 Å². The van der Waals surface area contributed by atoms with Gasteiger partial charge in [0, 0.05) is 24.4 Å². The Labute approximate surface area is 148 Å². The summed E-state index contributed by atoms with van der Waals surface area (Å²) in [6, 6.07) is 12.9. The molecule has 25 heavy (non-hydrogen) atoms. The van der Waals surface area contributed by atoms with Crippen LogP contribution in [0, 0.1) is 6.92 Å². The zero-order valence-electron chi connectivity index (χ0n) is 14.8. The average Bonchev–Trinajstić information content (AvgIpc) is 3.26. The molecule has 1 aromatic carbocycles. The van der Waals surface area contributed by atoms with Crippen LogP contribution in [-0.4, -0.2) is 20.8 Å². The Hall–Kier alpha value is -2.40. The van der Waals surface area contributed by atoms with E-state index in [9.17, 15) is 0 Å². The normalized spacial score (nSPS) is 16.8. The highest BCUT2D eigenvalue weighted by molar-refractivity contribution is 5.57. The summed E-state index contributed by atoms with van der Waals surface area (Å²) in [6.07, 6.45) is 2.97. The van der Waals surface area contributed by atoms with Gasteiger partial charge in [-0.1, -0.05) is 36.8 Å². The summed E-state index contributed by atoms with van der Waals surface area (Å²) in [5.74, 6) is 3.96. The fourth-order valence-corrected chi connectivity index (χ4v) is 3.27. The summed E-state index contributed by atoms with van der Waals surface area (Å²) in [5.41, 5.74) is 2.38. The van der Waals surface area contributed by atoms with Gasteiger partial charge in [0.1, 0.15) is 17.3 Å². The van der Waals surface area contributed by atoms with Crippen LogP contribution < -0.4 is 5.32 Å². The molecule has 0 fully saturated rings. The van der Waals surface area contributed by atoms with Crippen LogP contribution in [0.5, 0.6) is 0 Å². The summed E-state index contributed by atoms with van der Waals surface area (Å²) < 4.78 is 8.05. The molecule has 5 heteroatoms. The van der Waals surface area contributed by atoms with E-state index < -0.39 is 0 Å². The number of benzene rings is 1. The molecule has 1 aliphatic rings. The first kappa shape index (κ1) is 16.1. The fourth-order valence-electron chi connectivity index (χ4n) is 3.27. The number of nitrogens with zero attached hydrogens (tertiary/aromatic N) is 3. The van der Waals surface area contributed by atoms with Crippen molar-refractivity contribution in [3.05, 3.63) is 59.4 Å². The lowest BCUT2D eigenvalue weighted by Crippen LogP contribution is -2.37. The molecule has 1 N–H and O–H groups in total. The highest BCUT2D eigenvalue weighted by Crippen LogP contribution is 2.23. The quantitative estimate of drug-likeness (QED) is 0.774. The van der Waals surface area contributed by atoms with Crippen molar-refractivity contribution in [3.63, 3.8) is 0 Å². The molecule has 0 aliphatic carbocycles. The fraction of sp³-hybridized carbons (Fsp3) is 0.400. The van der Waals surface area contributed by atoms with Crippen molar-refractivity contribution in [3.8, 4) is 11.3 Å². The largest absolute Gasteiger partial charge is 0.460 e. The second kappa shape index (κ2) is 6.84. The van der Waals surface area contributed by atoms with Gasteiger partial charge in [-0.25, -0.2) is 9.67 Å². The molecular weight excluding hydrogens is 312 g/mol. The molecule has 0 amide bonds. The predicted molar refractivity (Wildman–Crippen MR) is 97.2 cm³/mol. The van der Waals surface area contributed by atoms with Crippen LogP contribution in [0.4, 0.5) is 0 Å². The van der Waals surface area contributed by atoms with Gasteiger partial charge in [0.05, 0.1) is 13.1 Å². The second-order valence-corrected chi connectivity index (χ2v) is 6.73. The maximum atomic E-state index is 5.99. The third-order valence-electron chi connectivity index (χ3n) is 4.78. The van der Waals surface area contributed by atoms with Gasteiger partial charge in [0.25, 0.3) is 0 Å². The van der Waals surface area contributed by atoms with Gasteiger partial charge in [-0.3, -0.25) is 0 Å². The Morgan fingerprint density at radius 2 is 2.04 bits per heavy atom. The van der Waals surface area contributed by atoms with E-state index in [1.165, 1.54) is 5.56 Å². The second-order valence-electron chi connectivity index (χ2n) is 6.73. The SMILES string of the molecule is CCc1nc2n(n1)CC(NCc1ccc(-c3ccc(C)cc3)o1)CC2. The van der Waals surface area contributed by atoms with Crippen molar-refractivity contribution >= 4 is 0 Å². The zero-order chi connectivity index (χ0) is 17.2. The van der Waals surface area contributed by atoms with Gasteiger partial charge >= 0.3 is 0 Å². The Kier molecular flexibility index (Phi) is 4.40. The minimum absolute atomic E-state index is 0.409. The van der Waals surface area contributed by atoms with Gasteiger partial charge in [-0.2, -0.15) is 5.10 Å². The van der Waals surface area contributed by atoms with E-state index in [0.717, 1.165) is 61.1 Å². The van der Waals surface area contributed by atoms with E-state index in [1.54, 1.807) is 0 Å². The summed E-state index contributed by atoms with van der Waals surface area (Å²) in [6.45, 7) is 5.81. The van der Waals surface area contributed by atoms with Crippen LogP contribution in [0.3, 0.4) is 0 Å². The highest BCUT2D eigenvalue weighted by atomic mass is 16.3. The molecular formula is C20H24N4O. The van der Waals surface area contributed by atoms with E-state index in [1.807, 2.05) is 6.07 Å². The molecule has 4 rings (SSSR count). The maximum absolute atomic E-state index is 5.99. The summed E-state index contributed by atoms with van der Waals surface area (Å²) in [7, 11) is 0. The topological polar surface area (TPSA) is 55.9 Å². The molecule has 130 valence electrons. The Balaban J connectivity index is 1.37. The van der Waals surface area contributed by atoms with Crippen molar-refractivity contribution in [1.29, 1.82) is 0 Å². The molecule has 0 saturated carbocycles. The van der Waals surface area contributed by atoms with Crippen LogP contribution in [0.25, 0.3) is 11.3 Å². The molecule has 3 aromatic rings. The summed E-state index contributed by atoms with van der Waals surface area (Å²) in [4.78, 5) is 4.57. The number of hydrogen-bond acceptors (Lipinski definition) is 4. The molecule has 5 nitrogen and oxygen atoms in total. The third kappa shape index (κ3) is 3.51. The Morgan fingerprint density at radius 1 is 1.20 bits per heavy atom. The van der Waals surface area contributed by atoms with Gasteiger partial charge in [0.15, 0.2) is 5.82 Å². The van der Waals surface area contributed by atoms with Crippen LogP contribution in [-0.2, 0) is 25.9 Å². The minimum Gasteiger partial charge on any atom is -0.460 e. The molecule has 1 unspecified atom stereocenters. The van der Waals surface area contributed by atoms with Crippen molar-refractivity contribution in [1.82, 2.24) is 20.1 Å². The number of furan rings is 1. The first-order valence-electron chi connectivity index (χ1n) is 9.03. The van der Waals surface area contributed by atoms with Crippen molar-refractivity contribution in [2.45, 2.75) is 52.2 Å². The molecule has 1 atom stereocenters. The van der Waals surface area contributed by atoms with Gasteiger partial charge in [-0.15, -0.1) is 0 Å². The zero-order valence-corrected chi connectivity index (χ0v) is 14.8. The molecule has 1 aliphatic heterocycles. The van der Waals surface area contributed by atoms with Crippen molar-refractivity contribution < 1.29 is 4.42 Å². The van der Waals surface area contributed by atoms with Crippen LogP contribution in [0.15, 0.2) is 40.8 Å². The number of hydrogen-bond donors (Lipinski definition) is 1. The summed E-state index contributed by atoms with van der Waals surface area (Å²) >= 11 is 0. The highest BCUT2D eigenvalue weighted by Gasteiger charge is 2.21. The number of aryl methyl sites for hydroxylation is 3. The molecule has 0 saturated heterocycles. The lowest BCUT2D eigenvalue weighted by atomic mass is 10.1. The lowest BCUT2D eigenvalue weighted by Gasteiger charge is -2.23. The van der Waals surface area contributed by atoms with Crippen LogP contribution in [0.2, 0.25) is 0 Å². The van der Waals surface area contributed by atoms with E-state index in [4.69, 9.17) is 4.42 Å². The minimum atomic E-state index is 0.409. The molecule has 2 aromatic heterocycles. The van der Waals surface area contributed by atoms with E-state index in [0.29, 0.717) is 6.04 Å². The molecule has 0 bridgehead atoms. The molecule has 3 heterocycles. The van der Waals surface area contributed by atoms with Crippen molar-refractivity contribution in [2.75, 3.05) is 0 Å². The number of rotatable bonds is 5. The number of nitrogens with one attached hydrogen (secondary N) is 1. The maximum Gasteiger partial charge on any atom is 0.150 e. The van der Waals surface area contributed by atoms with E-state index in [2.05, 4.69) is 64.3 Å². The first-order chi connectivity index (χ1) is 12.2. The Morgan fingerprint density at radius 3 is 2.84 bits per heavy atom. The number of fused-ring (bicyclic) bond motifs is 1. The Bertz CT molecular complexity index is 847. The van der Waals surface area contributed by atoms with Gasteiger partial charge in [0.2, 0.25) is 0 Å². The lowest BCUT2D eigenvalue weighted by molar-refractivity contribution is 0.345. The van der Waals surface area contributed by atoms with E-state index in [-0.39, 0.29) is 0 Å². The summed E-state index contributed by atoms with van der Waals surface area (Å²) in [5, 5.41) is 8.17. The van der Waals surface area contributed by atoms with Crippen LogP contribution in [0.1, 0.15) is 36.3 Å². The third-order valence-corrected chi connectivity index (χ3v) is 4.78. The smallest absolute Gasteiger partial charge is 0.150 e. The van der Waals surface area contributed by atoms with Gasteiger partial charge < -0.3 is 9.73 Å². The predicted octanol–water partition coefficient (Wildman–Crippen LogP) is 3.51. The van der Waals surface area contributed by atoms with Gasteiger partial charge in [-0.05, 0) is 25.5 Å². The number of aromatic nitrogens is 3. The molecule has 0 radical (unpaired) electrons. The monoisotopic (exact) mass is 336 g/mol. The average molecular weight is 336 g/mol. The van der Waals surface area contributed by atoms with Crippen LogP contribution >= 0.6 is 0 Å². The van der Waals surface area contributed by atoms with Crippen molar-refractivity contribution in [2.24, 2.45) is 0 Å². The molecule has 0 spiro atoms.